The van der Waals surface area contributed by atoms with E-state index >= 15 is 0 Å². The van der Waals surface area contributed by atoms with Crippen LogP contribution in [0.5, 0.6) is 5.75 Å². The third-order valence-electron chi connectivity index (χ3n) is 6.99. The molecule has 0 aromatic heterocycles. The van der Waals surface area contributed by atoms with Gasteiger partial charge in [0.2, 0.25) is 4.99 Å². The molecule has 0 N–H and O–H groups in total. The van der Waals surface area contributed by atoms with Crippen LogP contribution in [-0.4, -0.2) is 23.6 Å². The Bertz CT molecular complexity index is 1580. The number of carbonyl (C=O) groups excluding carboxylic acids is 1. The summed E-state index contributed by atoms with van der Waals surface area (Å²) in [6.45, 7) is 3.71. The molecule has 6 rings (SSSR count). The Balaban J connectivity index is 1.62. The maximum Gasteiger partial charge on any atom is 0.234 e. The maximum atomic E-state index is 12.8. The van der Waals surface area contributed by atoms with Crippen molar-refractivity contribution >= 4 is 39.7 Å². The van der Waals surface area contributed by atoms with Crippen molar-refractivity contribution in [3.63, 3.8) is 0 Å². The summed E-state index contributed by atoms with van der Waals surface area (Å²) < 4.78 is 5.41. The molecule has 7 heteroatoms. The molecule has 0 unspecified atom stereocenters. The van der Waals surface area contributed by atoms with Crippen LogP contribution in [0.4, 0.5) is 11.4 Å². The number of benzene rings is 4. The van der Waals surface area contributed by atoms with Gasteiger partial charge >= 0.3 is 0 Å². The van der Waals surface area contributed by atoms with Crippen LogP contribution in [0, 0.1) is 0 Å². The van der Waals surface area contributed by atoms with Crippen LogP contribution in [0.3, 0.4) is 0 Å². The van der Waals surface area contributed by atoms with E-state index in [0.717, 1.165) is 45.9 Å². The molecule has 0 saturated heterocycles. The number of fused-ring (bicyclic) bond motifs is 2. The minimum Gasteiger partial charge on any atom is -0.497 e. The molecular weight excluding hydrogens is 504 g/mol. The fourth-order valence-electron chi connectivity index (χ4n) is 4.98. The number of Topliss-reactive ketones (excluding diaryl/α,β-unsaturated/α-hetero) is 1. The maximum absolute atomic E-state index is 12.8. The number of anilines is 2. The predicted molar refractivity (Wildman–Crippen MR) is 160 cm³/mol. The monoisotopic (exact) mass is 532 g/mol. The molecule has 0 fully saturated rings. The van der Waals surface area contributed by atoms with Crippen LogP contribution in [0.15, 0.2) is 113 Å². The lowest BCUT2D eigenvalue weighted by atomic mass is 9.92. The Hall–Kier alpha value is -4.36. The highest BCUT2D eigenvalue weighted by molar-refractivity contribution is 8.17. The fraction of sp³-hybridized carbons (Fsp3) is 0.156. The summed E-state index contributed by atoms with van der Waals surface area (Å²) in [6, 6.07) is 34.7. The number of hydrogen-bond donors (Lipinski definition) is 0. The van der Waals surface area contributed by atoms with Crippen LogP contribution in [0.1, 0.15) is 36.1 Å². The number of para-hydroxylation sites is 1. The van der Waals surface area contributed by atoms with Crippen molar-refractivity contribution < 1.29 is 9.53 Å². The smallest absolute Gasteiger partial charge is 0.234 e. The third kappa shape index (κ3) is 4.19. The SMILES string of the molecule is CCc1ccc(C2=NN(c3ccccc3)[C@]3(SC(C(C)=O)=NN3c3ccc(OC)cc3)c3ccccc32)cc1. The van der Waals surface area contributed by atoms with Crippen LogP contribution in [-0.2, 0) is 16.2 Å². The van der Waals surface area contributed by atoms with E-state index in [0.29, 0.717) is 5.04 Å². The van der Waals surface area contributed by atoms with E-state index in [-0.39, 0.29) is 5.78 Å². The second-order valence-electron chi connectivity index (χ2n) is 9.37. The molecule has 2 heterocycles. The molecule has 0 saturated carbocycles. The normalized spacial score (nSPS) is 18.0. The van der Waals surface area contributed by atoms with E-state index in [9.17, 15) is 4.79 Å². The van der Waals surface area contributed by atoms with E-state index in [2.05, 4.69) is 43.3 Å². The first-order valence-electron chi connectivity index (χ1n) is 12.9. The van der Waals surface area contributed by atoms with Crippen molar-refractivity contribution in [3.05, 3.63) is 125 Å². The second-order valence-corrected chi connectivity index (χ2v) is 10.5. The highest BCUT2D eigenvalue weighted by atomic mass is 32.2. The van der Waals surface area contributed by atoms with Gasteiger partial charge in [-0.15, -0.1) is 0 Å². The number of thioether (sulfide) groups is 1. The molecule has 0 bridgehead atoms. The molecule has 0 radical (unpaired) electrons. The Kier molecular flexibility index (Phi) is 6.45. The van der Waals surface area contributed by atoms with Crippen LogP contribution in [0.2, 0.25) is 0 Å². The summed E-state index contributed by atoms with van der Waals surface area (Å²) >= 11 is 1.42. The number of hydrazone groups is 2. The molecule has 1 atom stereocenters. The lowest BCUT2D eigenvalue weighted by Crippen LogP contribution is -2.54. The lowest BCUT2D eigenvalue weighted by molar-refractivity contribution is -0.110. The number of rotatable bonds is 6. The van der Waals surface area contributed by atoms with Gasteiger partial charge in [0.15, 0.2) is 10.8 Å². The first-order chi connectivity index (χ1) is 19.0. The van der Waals surface area contributed by atoms with Crippen molar-refractivity contribution in [2.24, 2.45) is 10.2 Å². The number of aryl methyl sites for hydroxylation is 1. The Morgan fingerprint density at radius 3 is 2.13 bits per heavy atom. The van der Waals surface area contributed by atoms with Gasteiger partial charge in [0.1, 0.15) is 5.75 Å². The van der Waals surface area contributed by atoms with Crippen molar-refractivity contribution in [3.8, 4) is 5.75 Å². The number of hydrogen-bond acceptors (Lipinski definition) is 7. The molecular formula is C32H28N4O2S. The van der Waals surface area contributed by atoms with Gasteiger partial charge in [-0.05, 0) is 60.1 Å². The number of ketones is 1. The van der Waals surface area contributed by atoms with Gasteiger partial charge in [-0.2, -0.15) is 10.2 Å². The highest BCUT2D eigenvalue weighted by Crippen LogP contribution is 2.55. The lowest BCUT2D eigenvalue weighted by Gasteiger charge is -2.47. The van der Waals surface area contributed by atoms with Gasteiger partial charge in [-0.25, -0.2) is 10.0 Å². The van der Waals surface area contributed by atoms with E-state index < -0.39 is 4.99 Å². The molecule has 4 aromatic rings. The minimum absolute atomic E-state index is 0.0918. The summed E-state index contributed by atoms with van der Waals surface area (Å²) in [5.41, 5.74) is 6.88. The molecule has 2 aliphatic heterocycles. The van der Waals surface area contributed by atoms with Crippen molar-refractivity contribution in [1.82, 2.24) is 0 Å². The zero-order valence-corrected chi connectivity index (χ0v) is 22.9. The van der Waals surface area contributed by atoms with Crippen LogP contribution < -0.4 is 14.8 Å². The van der Waals surface area contributed by atoms with Crippen molar-refractivity contribution in [2.75, 3.05) is 17.1 Å². The predicted octanol–water partition coefficient (Wildman–Crippen LogP) is 6.80. The number of methoxy groups -OCH3 is 1. The topological polar surface area (TPSA) is 57.5 Å². The van der Waals surface area contributed by atoms with Gasteiger partial charge in [-0.1, -0.05) is 73.7 Å². The van der Waals surface area contributed by atoms with Gasteiger partial charge in [-0.3, -0.25) is 4.79 Å². The first-order valence-corrected chi connectivity index (χ1v) is 13.7. The van der Waals surface area contributed by atoms with Crippen LogP contribution in [0.25, 0.3) is 0 Å². The molecule has 0 aliphatic carbocycles. The quantitative estimate of drug-likeness (QED) is 0.273. The number of nitrogens with zero attached hydrogens (tertiary/aromatic N) is 4. The largest absolute Gasteiger partial charge is 0.497 e. The van der Waals surface area contributed by atoms with Gasteiger partial charge in [0.05, 0.1) is 24.2 Å². The zero-order valence-electron chi connectivity index (χ0n) is 22.0. The van der Waals surface area contributed by atoms with E-state index in [4.69, 9.17) is 14.9 Å². The van der Waals surface area contributed by atoms with Gasteiger partial charge < -0.3 is 4.74 Å². The average molecular weight is 533 g/mol. The standard InChI is InChI=1S/C32H28N4O2S/c1-4-23-14-16-24(17-15-23)30-28-12-8-9-13-29(28)32(35(33-30)25-10-6-5-7-11-25)36(34-31(39-32)22(2)37)26-18-20-27(38-3)21-19-26/h5-21H,4H2,1-3H3/t32-/m1/s1. The zero-order chi connectivity index (χ0) is 27.0. The van der Waals surface area contributed by atoms with Gasteiger partial charge in [0.25, 0.3) is 0 Å². The van der Waals surface area contributed by atoms with E-state index in [1.54, 1.807) is 14.0 Å². The van der Waals surface area contributed by atoms with E-state index in [1.807, 2.05) is 76.7 Å². The molecule has 1 spiro atoms. The van der Waals surface area contributed by atoms with Crippen molar-refractivity contribution in [1.29, 1.82) is 0 Å². The Labute approximate surface area is 232 Å². The third-order valence-corrected chi connectivity index (χ3v) is 8.40. The summed E-state index contributed by atoms with van der Waals surface area (Å²) in [6.07, 6.45) is 0.973. The van der Waals surface area contributed by atoms with Crippen LogP contribution >= 0.6 is 11.8 Å². The summed E-state index contributed by atoms with van der Waals surface area (Å²) in [5.74, 6) is 0.654. The number of ether oxygens (including phenoxy) is 1. The summed E-state index contributed by atoms with van der Waals surface area (Å²) in [5, 5.41) is 14.6. The molecule has 6 nitrogen and oxygen atoms in total. The average Bonchev–Trinajstić information content (AvgIpc) is 3.39. The minimum atomic E-state index is -0.972. The summed E-state index contributed by atoms with van der Waals surface area (Å²) in [7, 11) is 1.64. The molecule has 39 heavy (non-hydrogen) atoms. The Morgan fingerprint density at radius 2 is 1.46 bits per heavy atom. The highest BCUT2D eigenvalue weighted by Gasteiger charge is 2.55. The second kappa shape index (κ2) is 10.1. The first kappa shape index (κ1) is 24.9. The molecule has 2 aliphatic rings. The van der Waals surface area contributed by atoms with Gasteiger partial charge in [0, 0.05) is 23.6 Å². The van der Waals surface area contributed by atoms with E-state index in [1.165, 1.54) is 17.3 Å². The molecule has 194 valence electrons. The molecule has 4 aromatic carbocycles. The van der Waals surface area contributed by atoms with Crippen molar-refractivity contribution in [2.45, 2.75) is 25.3 Å². The number of carbonyl (C=O) groups is 1. The molecule has 0 amide bonds. The Morgan fingerprint density at radius 1 is 0.821 bits per heavy atom. The fourth-order valence-corrected chi connectivity index (χ4v) is 6.27. The summed E-state index contributed by atoms with van der Waals surface area (Å²) in [4.78, 5) is 11.8.